The van der Waals surface area contributed by atoms with E-state index in [1.807, 2.05) is 12.1 Å². The number of nitro groups is 1. The number of rotatable bonds is 3. The summed E-state index contributed by atoms with van der Waals surface area (Å²) < 4.78 is 1.73. The SMILES string of the molecule is CC(=O)N(C(=O)O)c1c([N+](=O)[O-])ccc2cnc(-n3ccc4ccncc43)cc12. The van der Waals surface area contributed by atoms with Crippen LogP contribution in [-0.4, -0.2) is 36.6 Å². The zero-order chi connectivity index (χ0) is 20.7. The lowest BCUT2D eigenvalue weighted by atomic mass is 10.1. The molecule has 29 heavy (non-hydrogen) atoms. The van der Waals surface area contributed by atoms with Gasteiger partial charge in [0.05, 0.1) is 16.6 Å². The highest BCUT2D eigenvalue weighted by molar-refractivity contribution is 6.18. The summed E-state index contributed by atoms with van der Waals surface area (Å²) in [4.78, 5) is 43.4. The molecule has 144 valence electrons. The summed E-state index contributed by atoms with van der Waals surface area (Å²) in [5.74, 6) is -0.460. The Labute approximate surface area is 162 Å². The van der Waals surface area contributed by atoms with E-state index in [1.54, 1.807) is 23.2 Å². The highest BCUT2D eigenvalue weighted by Gasteiger charge is 2.30. The van der Waals surface area contributed by atoms with Gasteiger partial charge in [-0.1, -0.05) is 0 Å². The minimum absolute atomic E-state index is 0.215. The first-order chi connectivity index (χ1) is 13.9. The number of carbonyl (C=O) groups excluding carboxylic acids is 1. The van der Waals surface area contributed by atoms with Gasteiger partial charge in [0.2, 0.25) is 5.91 Å². The zero-order valence-electron chi connectivity index (χ0n) is 15.0. The Kier molecular flexibility index (Phi) is 4.15. The van der Waals surface area contributed by atoms with Crippen LogP contribution < -0.4 is 4.90 Å². The van der Waals surface area contributed by atoms with Crippen LogP contribution in [0.3, 0.4) is 0 Å². The first-order valence-electron chi connectivity index (χ1n) is 8.40. The molecular weight excluding hydrogens is 378 g/mol. The van der Waals surface area contributed by atoms with Crippen LogP contribution in [0, 0.1) is 10.1 Å². The lowest BCUT2D eigenvalue weighted by Crippen LogP contribution is -2.34. The molecule has 4 rings (SSSR count). The van der Waals surface area contributed by atoms with Crippen LogP contribution in [0.2, 0.25) is 0 Å². The Bertz CT molecular complexity index is 1300. The number of imide groups is 1. The van der Waals surface area contributed by atoms with Crippen molar-refractivity contribution >= 4 is 45.1 Å². The van der Waals surface area contributed by atoms with E-state index in [-0.39, 0.29) is 11.1 Å². The van der Waals surface area contributed by atoms with Crippen molar-refractivity contribution in [3.63, 3.8) is 0 Å². The van der Waals surface area contributed by atoms with Gasteiger partial charge in [-0.05, 0) is 24.3 Å². The molecule has 0 aliphatic carbocycles. The lowest BCUT2D eigenvalue weighted by molar-refractivity contribution is -0.384. The van der Waals surface area contributed by atoms with Crippen molar-refractivity contribution in [2.75, 3.05) is 4.90 Å². The first-order valence-corrected chi connectivity index (χ1v) is 8.40. The fourth-order valence-electron chi connectivity index (χ4n) is 3.25. The summed E-state index contributed by atoms with van der Waals surface area (Å²) in [5.41, 5.74) is -0.0509. The number of nitro benzene ring substituents is 1. The van der Waals surface area contributed by atoms with Gasteiger partial charge in [-0.2, -0.15) is 0 Å². The van der Waals surface area contributed by atoms with Crippen molar-refractivity contribution in [1.82, 2.24) is 14.5 Å². The molecule has 0 aliphatic rings. The second-order valence-electron chi connectivity index (χ2n) is 6.21. The average molecular weight is 391 g/mol. The van der Waals surface area contributed by atoms with Crippen molar-refractivity contribution in [2.24, 2.45) is 0 Å². The third-order valence-corrected chi connectivity index (χ3v) is 4.51. The van der Waals surface area contributed by atoms with Gasteiger partial charge >= 0.3 is 6.09 Å². The van der Waals surface area contributed by atoms with E-state index in [0.29, 0.717) is 16.1 Å². The summed E-state index contributed by atoms with van der Waals surface area (Å²) in [7, 11) is 0. The molecular formula is C19H13N5O5. The molecule has 0 radical (unpaired) electrons. The average Bonchev–Trinajstić information content (AvgIpc) is 3.11. The van der Waals surface area contributed by atoms with Crippen molar-refractivity contribution in [3.05, 3.63) is 65.2 Å². The number of hydrogen-bond acceptors (Lipinski definition) is 6. The van der Waals surface area contributed by atoms with Crippen molar-refractivity contribution < 1.29 is 19.6 Å². The molecule has 3 aromatic heterocycles. The number of anilines is 1. The summed E-state index contributed by atoms with van der Waals surface area (Å²) >= 11 is 0. The van der Waals surface area contributed by atoms with Gasteiger partial charge in [0.15, 0.2) is 0 Å². The number of carbonyl (C=O) groups is 2. The largest absolute Gasteiger partial charge is 0.464 e. The van der Waals surface area contributed by atoms with Gasteiger partial charge in [-0.15, -0.1) is 0 Å². The van der Waals surface area contributed by atoms with Gasteiger partial charge < -0.3 is 5.11 Å². The van der Waals surface area contributed by atoms with Crippen LogP contribution in [0.5, 0.6) is 0 Å². The molecule has 1 aromatic carbocycles. The summed E-state index contributed by atoms with van der Waals surface area (Å²) in [6.45, 7) is 1.03. The molecule has 10 nitrogen and oxygen atoms in total. The van der Waals surface area contributed by atoms with Crippen LogP contribution in [0.1, 0.15) is 6.92 Å². The Morgan fingerprint density at radius 1 is 1.17 bits per heavy atom. The molecule has 1 N–H and O–H groups in total. The number of fused-ring (bicyclic) bond motifs is 2. The molecule has 3 heterocycles. The lowest BCUT2D eigenvalue weighted by Gasteiger charge is -2.18. The fraction of sp³-hybridized carbons (Fsp3) is 0.0526. The normalized spacial score (nSPS) is 10.9. The number of hydrogen-bond donors (Lipinski definition) is 1. The Hall–Kier alpha value is -4.34. The van der Waals surface area contributed by atoms with E-state index in [0.717, 1.165) is 23.9 Å². The molecule has 0 saturated carbocycles. The van der Waals surface area contributed by atoms with Crippen LogP contribution in [0.25, 0.3) is 27.5 Å². The molecule has 0 fully saturated rings. The Morgan fingerprint density at radius 2 is 1.97 bits per heavy atom. The van der Waals surface area contributed by atoms with Gasteiger partial charge in [0.25, 0.3) is 5.69 Å². The highest BCUT2D eigenvalue weighted by atomic mass is 16.6. The third kappa shape index (κ3) is 2.92. The van der Waals surface area contributed by atoms with E-state index >= 15 is 0 Å². The van der Waals surface area contributed by atoms with E-state index in [1.165, 1.54) is 18.3 Å². The number of benzene rings is 1. The fourth-order valence-corrected chi connectivity index (χ4v) is 3.25. The Morgan fingerprint density at radius 3 is 2.66 bits per heavy atom. The number of aromatic nitrogens is 3. The van der Waals surface area contributed by atoms with Crippen molar-refractivity contribution in [3.8, 4) is 5.82 Å². The van der Waals surface area contributed by atoms with Crippen LogP contribution >= 0.6 is 0 Å². The Balaban J connectivity index is 2.05. The standard InChI is InChI=1S/C19H13N5O5/c1-11(25)23(19(26)27)18-14-8-17(21-9-13(14)2-3-15(18)24(28)29)22-7-5-12-4-6-20-10-16(12)22/h2-10H,1H3,(H,26,27). The molecule has 4 aromatic rings. The summed E-state index contributed by atoms with van der Waals surface area (Å²) in [6, 6.07) is 7.82. The van der Waals surface area contributed by atoms with Crippen LogP contribution in [0.4, 0.5) is 16.2 Å². The van der Waals surface area contributed by atoms with Gasteiger partial charge in [-0.25, -0.2) is 14.7 Å². The van der Waals surface area contributed by atoms with E-state index in [2.05, 4.69) is 9.97 Å². The predicted molar refractivity (Wildman–Crippen MR) is 104 cm³/mol. The minimum Gasteiger partial charge on any atom is -0.464 e. The number of amides is 2. The topological polar surface area (TPSA) is 131 Å². The van der Waals surface area contributed by atoms with E-state index in [4.69, 9.17) is 0 Å². The number of carboxylic acid groups (broad SMARTS) is 1. The molecule has 0 saturated heterocycles. The minimum atomic E-state index is -1.61. The van der Waals surface area contributed by atoms with Gasteiger partial charge in [0, 0.05) is 47.7 Å². The maximum absolute atomic E-state index is 12.0. The number of nitrogens with zero attached hydrogens (tertiary/aromatic N) is 5. The molecule has 2 amide bonds. The summed E-state index contributed by atoms with van der Waals surface area (Å²) in [6.07, 6.45) is 4.92. The quantitative estimate of drug-likeness (QED) is 0.417. The smallest absolute Gasteiger partial charge is 0.419 e. The summed E-state index contributed by atoms with van der Waals surface area (Å²) in [5, 5.41) is 22.6. The monoisotopic (exact) mass is 391 g/mol. The third-order valence-electron chi connectivity index (χ3n) is 4.51. The number of pyridine rings is 2. The van der Waals surface area contributed by atoms with Crippen LogP contribution in [0.15, 0.2) is 55.1 Å². The van der Waals surface area contributed by atoms with E-state index in [9.17, 15) is 24.8 Å². The molecule has 0 spiro atoms. The van der Waals surface area contributed by atoms with E-state index < -0.39 is 22.6 Å². The predicted octanol–water partition coefficient (Wildman–Crippen LogP) is 3.51. The molecule has 0 atom stereocenters. The second kappa shape index (κ2) is 6.68. The molecule has 10 heteroatoms. The van der Waals surface area contributed by atoms with Gasteiger partial charge in [-0.3, -0.25) is 24.5 Å². The zero-order valence-corrected chi connectivity index (χ0v) is 15.0. The maximum Gasteiger partial charge on any atom is 0.419 e. The van der Waals surface area contributed by atoms with Crippen LogP contribution in [-0.2, 0) is 4.79 Å². The molecule has 0 aliphatic heterocycles. The first kappa shape index (κ1) is 18.0. The molecule has 0 bridgehead atoms. The van der Waals surface area contributed by atoms with Crippen molar-refractivity contribution in [1.29, 1.82) is 0 Å². The molecule has 0 unspecified atom stereocenters. The second-order valence-corrected chi connectivity index (χ2v) is 6.21. The maximum atomic E-state index is 12.0. The van der Waals surface area contributed by atoms with Crippen molar-refractivity contribution in [2.45, 2.75) is 6.92 Å². The highest BCUT2D eigenvalue weighted by Crippen LogP contribution is 2.37. The van der Waals surface area contributed by atoms with Gasteiger partial charge in [0.1, 0.15) is 11.5 Å².